The van der Waals surface area contributed by atoms with Gasteiger partial charge >= 0.3 is 0 Å². The number of hydrogen-bond donors (Lipinski definition) is 3. The zero-order chi connectivity index (χ0) is 23.4. The highest BCUT2D eigenvalue weighted by atomic mass is 16.2. The number of nitrogens with one attached hydrogen (secondary N) is 2. The van der Waals surface area contributed by atoms with Gasteiger partial charge in [-0.1, -0.05) is 48.5 Å². The van der Waals surface area contributed by atoms with E-state index in [-0.39, 0.29) is 5.91 Å². The van der Waals surface area contributed by atoms with Crippen LogP contribution in [0.15, 0.2) is 78.5 Å². The van der Waals surface area contributed by atoms with Crippen molar-refractivity contribution < 1.29 is 9.59 Å². The van der Waals surface area contributed by atoms with Gasteiger partial charge in [0.05, 0.1) is 5.57 Å². The highest BCUT2D eigenvalue weighted by molar-refractivity contribution is 6.32. The van der Waals surface area contributed by atoms with Crippen LogP contribution in [0.4, 0.5) is 11.4 Å². The lowest BCUT2D eigenvalue weighted by Gasteiger charge is -2.17. The van der Waals surface area contributed by atoms with Gasteiger partial charge in [-0.2, -0.15) is 0 Å². The molecule has 0 fully saturated rings. The molecule has 1 aliphatic rings. The van der Waals surface area contributed by atoms with Crippen molar-refractivity contribution >= 4 is 28.8 Å². The zero-order valence-electron chi connectivity index (χ0n) is 18.9. The summed E-state index contributed by atoms with van der Waals surface area (Å²) in [6.07, 6.45) is 1.02. The van der Waals surface area contributed by atoms with Crippen molar-refractivity contribution in [1.82, 2.24) is 4.90 Å². The summed E-state index contributed by atoms with van der Waals surface area (Å²) < 4.78 is 0. The van der Waals surface area contributed by atoms with E-state index in [0.29, 0.717) is 16.8 Å². The van der Waals surface area contributed by atoms with Crippen LogP contribution in [-0.4, -0.2) is 30.3 Å². The molecule has 0 saturated carbocycles. The van der Waals surface area contributed by atoms with Gasteiger partial charge in [0.1, 0.15) is 0 Å². The van der Waals surface area contributed by atoms with E-state index in [4.69, 9.17) is 5.73 Å². The predicted molar refractivity (Wildman–Crippen MR) is 133 cm³/mol. The predicted octanol–water partition coefficient (Wildman–Crippen LogP) is 4.26. The number of likely N-dealkylation sites (N-methyl/N-ethyl adjacent to an activating group) is 1. The van der Waals surface area contributed by atoms with Gasteiger partial charge in [-0.15, -0.1) is 0 Å². The standard InChI is InChI=1S/C27H28N4O2/c1-18(25-23-13-10-21(26(28)32)16-24(23)30-27(25)33)29-22-11-8-20(9-12-22)17-31(2)15-14-19-6-4-3-5-7-19/h3-13,16,29H,14-15,17H2,1-2H3,(H2,28,32)(H,30,33). The van der Waals surface area contributed by atoms with E-state index in [2.05, 4.69) is 59.0 Å². The number of benzene rings is 3. The summed E-state index contributed by atoms with van der Waals surface area (Å²) in [5.41, 5.74) is 11.8. The van der Waals surface area contributed by atoms with Crippen LogP contribution in [0.5, 0.6) is 0 Å². The number of nitrogens with two attached hydrogens (primary N) is 1. The molecule has 0 radical (unpaired) electrons. The van der Waals surface area contributed by atoms with Gasteiger partial charge < -0.3 is 21.3 Å². The number of fused-ring (bicyclic) bond motifs is 1. The average molecular weight is 441 g/mol. The first-order valence-corrected chi connectivity index (χ1v) is 11.0. The van der Waals surface area contributed by atoms with E-state index in [1.807, 2.05) is 25.1 Å². The van der Waals surface area contributed by atoms with Gasteiger partial charge in [0.15, 0.2) is 0 Å². The number of rotatable bonds is 8. The van der Waals surface area contributed by atoms with Gasteiger partial charge in [-0.25, -0.2) is 0 Å². The van der Waals surface area contributed by atoms with Crippen molar-refractivity contribution in [3.8, 4) is 0 Å². The second-order valence-electron chi connectivity index (χ2n) is 8.37. The van der Waals surface area contributed by atoms with Crippen LogP contribution in [0.2, 0.25) is 0 Å². The van der Waals surface area contributed by atoms with Gasteiger partial charge in [0, 0.05) is 41.3 Å². The summed E-state index contributed by atoms with van der Waals surface area (Å²) >= 11 is 0. The van der Waals surface area contributed by atoms with Crippen LogP contribution in [0.25, 0.3) is 5.57 Å². The first-order valence-electron chi connectivity index (χ1n) is 11.0. The van der Waals surface area contributed by atoms with E-state index in [1.54, 1.807) is 18.2 Å². The van der Waals surface area contributed by atoms with E-state index in [9.17, 15) is 9.59 Å². The summed E-state index contributed by atoms with van der Waals surface area (Å²) in [5.74, 6) is -0.724. The van der Waals surface area contributed by atoms with Crippen LogP contribution in [-0.2, 0) is 17.8 Å². The number of anilines is 2. The number of carbonyl (C=O) groups is 2. The summed E-state index contributed by atoms with van der Waals surface area (Å²) in [6, 6.07) is 23.7. The topological polar surface area (TPSA) is 87.5 Å². The molecular formula is C27H28N4O2. The Hall–Kier alpha value is -3.90. The van der Waals surface area contributed by atoms with Gasteiger partial charge in [0.25, 0.3) is 5.91 Å². The van der Waals surface area contributed by atoms with Crippen LogP contribution < -0.4 is 16.4 Å². The fourth-order valence-corrected chi connectivity index (χ4v) is 4.03. The molecule has 4 rings (SSSR count). The maximum Gasteiger partial charge on any atom is 0.258 e. The lowest BCUT2D eigenvalue weighted by Crippen LogP contribution is -2.20. The molecule has 0 aliphatic carbocycles. The average Bonchev–Trinajstić information content (AvgIpc) is 3.14. The minimum Gasteiger partial charge on any atom is -0.366 e. The van der Waals surface area contributed by atoms with Gasteiger partial charge in [-0.3, -0.25) is 9.59 Å². The van der Waals surface area contributed by atoms with E-state index < -0.39 is 5.91 Å². The molecule has 0 saturated heterocycles. The van der Waals surface area contributed by atoms with Crippen LogP contribution in [0.1, 0.15) is 34.0 Å². The molecular weight excluding hydrogens is 412 g/mol. The van der Waals surface area contributed by atoms with E-state index in [1.165, 1.54) is 11.1 Å². The largest absolute Gasteiger partial charge is 0.366 e. The van der Waals surface area contributed by atoms with Crippen molar-refractivity contribution in [2.75, 3.05) is 24.2 Å². The number of hydrogen-bond acceptors (Lipinski definition) is 4. The maximum absolute atomic E-state index is 12.6. The first-order chi connectivity index (χ1) is 15.9. The molecule has 168 valence electrons. The Bertz CT molecular complexity index is 1200. The molecule has 3 aromatic carbocycles. The lowest BCUT2D eigenvalue weighted by molar-refractivity contribution is -0.110. The quantitative estimate of drug-likeness (QED) is 0.457. The zero-order valence-corrected chi connectivity index (χ0v) is 18.9. The van der Waals surface area contributed by atoms with Gasteiger partial charge in [-0.05, 0) is 55.8 Å². The Labute approximate surface area is 194 Å². The van der Waals surface area contributed by atoms with Crippen molar-refractivity contribution in [3.05, 3.63) is 101 Å². The van der Waals surface area contributed by atoms with Crippen molar-refractivity contribution in [3.63, 3.8) is 0 Å². The number of amides is 2. The lowest BCUT2D eigenvalue weighted by atomic mass is 10.0. The Morgan fingerprint density at radius 1 is 1.00 bits per heavy atom. The summed E-state index contributed by atoms with van der Waals surface area (Å²) in [5, 5.41) is 6.15. The monoisotopic (exact) mass is 440 g/mol. The van der Waals surface area contributed by atoms with E-state index in [0.717, 1.165) is 36.5 Å². The third-order valence-electron chi connectivity index (χ3n) is 5.79. The van der Waals surface area contributed by atoms with Crippen LogP contribution in [0.3, 0.4) is 0 Å². The molecule has 6 heteroatoms. The second-order valence-corrected chi connectivity index (χ2v) is 8.37. The normalized spacial score (nSPS) is 14.1. The summed E-state index contributed by atoms with van der Waals surface area (Å²) in [7, 11) is 2.13. The third kappa shape index (κ3) is 5.30. The Kier molecular flexibility index (Phi) is 6.56. The Morgan fingerprint density at radius 2 is 1.73 bits per heavy atom. The molecule has 0 atom stereocenters. The molecule has 4 N–H and O–H groups in total. The smallest absolute Gasteiger partial charge is 0.258 e. The number of nitrogens with zero attached hydrogens (tertiary/aromatic N) is 1. The Morgan fingerprint density at radius 3 is 2.42 bits per heavy atom. The highest BCUT2D eigenvalue weighted by Gasteiger charge is 2.27. The molecule has 0 unspecified atom stereocenters. The molecule has 1 aliphatic heterocycles. The third-order valence-corrected chi connectivity index (χ3v) is 5.79. The molecule has 33 heavy (non-hydrogen) atoms. The second kappa shape index (κ2) is 9.71. The van der Waals surface area contributed by atoms with Gasteiger partial charge in [0.2, 0.25) is 5.91 Å². The van der Waals surface area contributed by atoms with E-state index >= 15 is 0 Å². The number of allylic oxidation sites excluding steroid dienone is 1. The van der Waals surface area contributed by atoms with Crippen molar-refractivity contribution in [2.45, 2.75) is 19.9 Å². The first kappa shape index (κ1) is 22.3. The number of carbonyl (C=O) groups excluding carboxylic acids is 2. The van der Waals surface area contributed by atoms with Crippen LogP contribution in [0, 0.1) is 0 Å². The highest BCUT2D eigenvalue weighted by Crippen LogP contribution is 2.34. The molecule has 0 aromatic heterocycles. The molecule has 1 heterocycles. The van der Waals surface area contributed by atoms with Crippen molar-refractivity contribution in [1.29, 1.82) is 0 Å². The summed E-state index contributed by atoms with van der Waals surface area (Å²) in [4.78, 5) is 26.3. The molecule has 0 bridgehead atoms. The maximum atomic E-state index is 12.6. The fraction of sp³-hybridized carbons (Fsp3) is 0.185. The molecule has 0 spiro atoms. The fourth-order valence-electron chi connectivity index (χ4n) is 4.03. The van der Waals surface area contributed by atoms with Crippen molar-refractivity contribution in [2.24, 2.45) is 5.73 Å². The number of primary amides is 1. The summed E-state index contributed by atoms with van der Waals surface area (Å²) in [6.45, 7) is 3.73. The molecule has 6 nitrogen and oxygen atoms in total. The van der Waals surface area contributed by atoms with Crippen LogP contribution >= 0.6 is 0 Å². The molecule has 3 aromatic rings. The molecule has 2 amide bonds. The minimum absolute atomic E-state index is 0.201. The minimum atomic E-state index is -0.523. The SMILES string of the molecule is CC(Nc1ccc(CN(C)CCc2ccccc2)cc1)=C1C(=O)Nc2cc(C(N)=O)ccc21. The Balaban J connectivity index is 1.40.